The lowest BCUT2D eigenvalue weighted by Crippen LogP contribution is -2.40. The fraction of sp³-hybridized carbons (Fsp3) is 0.500. The third-order valence-electron chi connectivity index (χ3n) is 3.57. The summed E-state index contributed by atoms with van der Waals surface area (Å²) in [5.74, 6) is -2.29. The molecule has 0 aromatic rings. The standard InChI is InChI=1S/C12H13BrO4/c1-12(11(16)17)5-4-7(13)8(10(14)15)9(12)6-2-3-6/h4-6,9H,2-3H2,1H3,(H,14,15)(H,16,17). The van der Waals surface area contributed by atoms with Crippen LogP contribution in [0.5, 0.6) is 0 Å². The average Bonchev–Trinajstić information content (AvgIpc) is 3.04. The molecule has 2 aliphatic carbocycles. The Kier molecular flexibility index (Phi) is 2.89. The monoisotopic (exact) mass is 300 g/mol. The van der Waals surface area contributed by atoms with Gasteiger partial charge in [-0.25, -0.2) is 4.79 Å². The van der Waals surface area contributed by atoms with E-state index in [0.29, 0.717) is 4.48 Å². The molecule has 92 valence electrons. The molecule has 2 N–H and O–H groups in total. The van der Waals surface area contributed by atoms with Crippen LogP contribution in [0.3, 0.4) is 0 Å². The lowest BCUT2D eigenvalue weighted by molar-refractivity contribution is -0.148. The predicted octanol–water partition coefficient (Wildman–Crippen LogP) is 2.41. The van der Waals surface area contributed by atoms with Gasteiger partial charge in [0.15, 0.2) is 0 Å². The smallest absolute Gasteiger partial charge is 0.333 e. The molecule has 1 fully saturated rings. The average molecular weight is 301 g/mol. The quantitative estimate of drug-likeness (QED) is 0.839. The fourth-order valence-corrected chi connectivity index (χ4v) is 3.03. The van der Waals surface area contributed by atoms with Crippen LogP contribution in [0.25, 0.3) is 0 Å². The van der Waals surface area contributed by atoms with Crippen LogP contribution in [-0.4, -0.2) is 22.2 Å². The van der Waals surface area contributed by atoms with E-state index in [4.69, 9.17) is 0 Å². The molecular formula is C12H13BrO4. The molecule has 0 spiro atoms. The van der Waals surface area contributed by atoms with Crippen LogP contribution in [0, 0.1) is 17.3 Å². The van der Waals surface area contributed by atoms with Gasteiger partial charge in [-0.15, -0.1) is 0 Å². The van der Waals surface area contributed by atoms with Crippen LogP contribution in [0.15, 0.2) is 22.2 Å². The van der Waals surface area contributed by atoms with E-state index in [1.807, 2.05) is 0 Å². The summed E-state index contributed by atoms with van der Waals surface area (Å²) in [7, 11) is 0. The Balaban J connectivity index is 2.52. The lowest BCUT2D eigenvalue weighted by Gasteiger charge is -2.35. The van der Waals surface area contributed by atoms with Crippen molar-refractivity contribution in [2.24, 2.45) is 17.3 Å². The van der Waals surface area contributed by atoms with Gasteiger partial charge in [-0.05, 0) is 25.7 Å². The zero-order valence-corrected chi connectivity index (χ0v) is 10.9. The number of carboxylic acid groups (broad SMARTS) is 2. The van der Waals surface area contributed by atoms with E-state index in [9.17, 15) is 19.8 Å². The molecular weight excluding hydrogens is 288 g/mol. The largest absolute Gasteiger partial charge is 0.481 e. The van der Waals surface area contributed by atoms with E-state index in [1.54, 1.807) is 13.0 Å². The van der Waals surface area contributed by atoms with Crippen LogP contribution in [0.4, 0.5) is 0 Å². The summed E-state index contributed by atoms with van der Waals surface area (Å²) in [6.45, 7) is 1.59. The van der Waals surface area contributed by atoms with E-state index in [2.05, 4.69) is 15.9 Å². The Morgan fingerprint density at radius 1 is 1.41 bits per heavy atom. The Labute approximate surface area is 107 Å². The fourth-order valence-electron chi connectivity index (χ4n) is 2.48. The number of halogens is 1. The summed E-state index contributed by atoms with van der Waals surface area (Å²) in [5, 5.41) is 18.6. The highest BCUT2D eigenvalue weighted by molar-refractivity contribution is 9.12. The van der Waals surface area contributed by atoms with Gasteiger partial charge in [-0.3, -0.25) is 4.79 Å². The summed E-state index contributed by atoms with van der Waals surface area (Å²) in [6.07, 6.45) is 4.93. The van der Waals surface area contributed by atoms with Crippen LogP contribution >= 0.6 is 15.9 Å². The van der Waals surface area contributed by atoms with Gasteiger partial charge in [-0.2, -0.15) is 0 Å². The molecule has 2 aliphatic rings. The molecule has 0 bridgehead atoms. The molecule has 2 unspecified atom stereocenters. The van der Waals surface area contributed by atoms with Crippen molar-refractivity contribution in [3.63, 3.8) is 0 Å². The number of rotatable bonds is 3. The highest BCUT2D eigenvalue weighted by atomic mass is 79.9. The molecule has 0 radical (unpaired) electrons. The number of aliphatic carboxylic acids is 2. The van der Waals surface area contributed by atoms with Crippen LogP contribution in [-0.2, 0) is 9.59 Å². The van der Waals surface area contributed by atoms with Crippen molar-refractivity contribution in [2.45, 2.75) is 19.8 Å². The molecule has 0 heterocycles. The van der Waals surface area contributed by atoms with Gasteiger partial charge >= 0.3 is 11.9 Å². The third-order valence-corrected chi connectivity index (χ3v) is 4.27. The zero-order chi connectivity index (χ0) is 12.8. The van der Waals surface area contributed by atoms with Crippen molar-refractivity contribution in [1.82, 2.24) is 0 Å². The Bertz CT molecular complexity index is 447. The number of carbonyl (C=O) groups is 2. The number of allylic oxidation sites excluding steroid dienone is 2. The molecule has 0 aliphatic heterocycles. The first-order chi connectivity index (χ1) is 7.88. The van der Waals surface area contributed by atoms with Crippen molar-refractivity contribution in [2.75, 3.05) is 0 Å². The number of hydrogen-bond acceptors (Lipinski definition) is 2. The Morgan fingerprint density at radius 3 is 2.41 bits per heavy atom. The highest BCUT2D eigenvalue weighted by Gasteiger charge is 2.52. The van der Waals surface area contributed by atoms with Crippen LogP contribution in [0.2, 0.25) is 0 Å². The number of carboxylic acids is 2. The zero-order valence-electron chi connectivity index (χ0n) is 9.31. The third kappa shape index (κ3) is 1.92. The maximum Gasteiger partial charge on any atom is 0.333 e. The first-order valence-electron chi connectivity index (χ1n) is 5.43. The first-order valence-corrected chi connectivity index (χ1v) is 6.23. The minimum absolute atomic E-state index is 0.166. The SMILES string of the molecule is CC1(C(=O)O)C=CC(Br)=C(C(=O)O)C1C1CC1. The molecule has 4 nitrogen and oxygen atoms in total. The molecule has 0 saturated heterocycles. The van der Waals surface area contributed by atoms with E-state index in [1.165, 1.54) is 6.08 Å². The minimum atomic E-state index is -1.12. The second kappa shape index (κ2) is 3.98. The van der Waals surface area contributed by atoms with Gasteiger partial charge in [-0.1, -0.05) is 28.1 Å². The highest BCUT2D eigenvalue weighted by Crippen LogP contribution is 2.53. The second-order valence-corrected chi connectivity index (χ2v) is 5.66. The van der Waals surface area contributed by atoms with Gasteiger partial charge in [0.05, 0.1) is 11.0 Å². The summed E-state index contributed by atoms with van der Waals surface area (Å²) < 4.78 is 0.487. The van der Waals surface area contributed by atoms with Crippen LogP contribution in [0.1, 0.15) is 19.8 Å². The summed E-state index contributed by atoms with van der Waals surface area (Å²) >= 11 is 3.21. The van der Waals surface area contributed by atoms with Gasteiger partial charge < -0.3 is 10.2 Å². The van der Waals surface area contributed by atoms with Crippen molar-refractivity contribution in [1.29, 1.82) is 0 Å². The predicted molar refractivity (Wildman–Crippen MR) is 64.7 cm³/mol. The topological polar surface area (TPSA) is 74.6 Å². The van der Waals surface area contributed by atoms with Gasteiger partial charge in [0, 0.05) is 10.4 Å². The van der Waals surface area contributed by atoms with Crippen molar-refractivity contribution in [3.8, 4) is 0 Å². The normalized spacial score (nSPS) is 32.7. The molecule has 2 rings (SSSR count). The maximum absolute atomic E-state index is 11.4. The molecule has 17 heavy (non-hydrogen) atoms. The minimum Gasteiger partial charge on any atom is -0.481 e. The van der Waals surface area contributed by atoms with Crippen molar-refractivity contribution >= 4 is 27.9 Å². The maximum atomic E-state index is 11.4. The Morgan fingerprint density at radius 2 is 2.00 bits per heavy atom. The van der Waals surface area contributed by atoms with Gasteiger partial charge in [0.25, 0.3) is 0 Å². The van der Waals surface area contributed by atoms with E-state index in [0.717, 1.165) is 12.8 Å². The molecule has 0 aromatic carbocycles. The lowest BCUT2D eigenvalue weighted by atomic mass is 9.68. The van der Waals surface area contributed by atoms with Crippen molar-refractivity contribution < 1.29 is 19.8 Å². The molecule has 0 aromatic heterocycles. The summed E-state index contributed by atoms with van der Waals surface area (Å²) in [5.41, 5.74) is -0.925. The van der Waals surface area contributed by atoms with Gasteiger partial charge in [0.1, 0.15) is 0 Å². The molecule has 2 atom stereocenters. The summed E-state index contributed by atoms with van der Waals surface area (Å²) in [4.78, 5) is 22.7. The van der Waals surface area contributed by atoms with Crippen LogP contribution < -0.4 is 0 Å². The molecule has 0 amide bonds. The van der Waals surface area contributed by atoms with Gasteiger partial charge in [0.2, 0.25) is 0 Å². The second-order valence-electron chi connectivity index (χ2n) is 4.80. The van der Waals surface area contributed by atoms with E-state index < -0.39 is 23.3 Å². The van der Waals surface area contributed by atoms with E-state index in [-0.39, 0.29) is 11.5 Å². The Hall–Kier alpha value is -1.10. The first kappa shape index (κ1) is 12.4. The van der Waals surface area contributed by atoms with Crippen molar-refractivity contribution in [3.05, 3.63) is 22.2 Å². The molecule has 5 heteroatoms. The molecule has 1 saturated carbocycles. The summed E-state index contributed by atoms with van der Waals surface area (Å²) in [6, 6.07) is 0. The number of hydrogen-bond donors (Lipinski definition) is 2. The van der Waals surface area contributed by atoms with E-state index >= 15 is 0 Å².